The molecule has 0 radical (unpaired) electrons. The number of fused-ring (bicyclic) bond motifs is 7. The Kier molecular flexibility index (Phi) is 7.65. The molecule has 5 rings (SSSR count). The summed E-state index contributed by atoms with van der Waals surface area (Å²) in [5.41, 5.74) is 2.16. The minimum Gasteiger partial charge on any atom is -0.462 e. The molecule has 4 fully saturated rings. The molecule has 5 aliphatic rings. The molecular formula is C36H60N2O3. The number of likely N-dealkylation sites (N-methyl/N-ethyl adjacent to an activating group) is 1. The summed E-state index contributed by atoms with van der Waals surface area (Å²) in [7, 11) is 4.15. The first kappa shape index (κ1) is 31.1. The highest BCUT2D eigenvalue weighted by atomic mass is 16.5. The third-order valence-corrected chi connectivity index (χ3v) is 14.2. The Morgan fingerprint density at radius 3 is 2.27 bits per heavy atom. The molecule has 0 saturated heterocycles. The molecule has 0 aromatic carbocycles. The molecule has 0 heterocycles. The predicted octanol–water partition coefficient (Wildman–Crippen LogP) is 7.40. The summed E-state index contributed by atoms with van der Waals surface area (Å²) in [6.07, 6.45) is 13.7. The number of ether oxygens (including phenoxy) is 1. The van der Waals surface area contributed by atoms with E-state index in [1.54, 1.807) is 12.5 Å². The van der Waals surface area contributed by atoms with E-state index in [9.17, 15) is 9.59 Å². The molecule has 5 aliphatic carbocycles. The van der Waals surface area contributed by atoms with Crippen LogP contribution in [0.4, 0.5) is 0 Å². The zero-order chi connectivity index (χ0) is 30.2. The van der Waals surface area contributed by atoms with E-state index >= 15 is 0 Å². The van der Waals surface area contributed by atoms with Gasteiger partial charge in [-0.25, -0.2) is 0 Å². The van der Waals surface area contributed by atoms with Crippen LogP contribution in [-0.4, -0.2) is 50.1 Å². The van der Waals surface area contributed by atoms with Crippen molar-refractivity contribution in [3.05, 3.63) is 11.6 Å². The van der Waals surface area contributed by atoms with E-state index in [1.165, 1.54) is 12.8 Å². The van der Waals surface area contributed by atoms with Gasteiger partial charge in [-0.05, 0) is 118 Å². The van der Waals surface area contributed by atoms with Crippen LogP contribution < -0.4 is 5.32 Å². The summed E-state index contributed by atoms with van der Waals surface area (Å²) >= 11 is 0. The number of esters is 1. The zero-order valence-corrected chi connectivity index (χ0v) is 28.0. The van der Waals surface area contributed by atoms with Crippen LogP contribution in [0.3, 0.4) is 0 Å². The molecule has 1 N–H and O–H groups in total. The Hall–Kier alpha value is -1.36. The van der Waals surface area contributed by atoms with Gasteiger partial charge < -0.3 is 15.0 Å². The van der Waals surface area contributed by atoms with Crippen LogP contribution in [0.25, 0.3) is 0 Å². The van der Waals surface area contributed by atoms with Crippen molar-refractivity contribution in [3.63, 3.8) is 0 Å². The Morgan fingerprint density at radius 1 is 0.927 bits per heavy atom. The third kappa shape index (κ3) is 4.65. The van der Waals surface area contributed by atoms with E-state index in [0.717, 1.165) is 64.5 Å². The lowest BCUT2D eigenvalue weighted by atomic mass is 9.33. The minimum absolute atomic E-state index is 0.0125. The molecule has 0 aromatic rings. The van der Waals surface area contributed by atoms with Gasteiger partial charge in [-0.2, -0.15) is 0 Å². The van der Waals surface area contributed by atoms with Gasteiger partial charge in [-0.3, -0.25) is 9.59 Å². The Morgan fingerprint density at radius 2 is 1.61 bits per heavy atom. The first-order chi connectivity index (χ1) is 18.9. The van der Waals surface area contributed by atoms with E-state index in [-0.39, 0.29) is 44.6 Å². The Labute approximate surface area is 251 Å². The average Bonchev–Trinajstić information content (AvgIpc) is 2.85. The van der Waals surface area contributed by atoms with E-state index < -0.39 is 0 Å². The number of hydrogen-bond acceptors (Lipinski definition) is 4. The van der Waals surface area contributed by atoms with Crippen molar-refractivity contribution in [2.24, 2.45) is 50.2 Å². The highest BCUT2D eigenvalue weighted by molar-refractivity contribution is 5.84. The fourth-order valence-electron chi connectivity index (χ4n) is 11.6. The highest BCUT2D eigenvalue weighted by Crippen LogP contribution is 2.75. The van der Waals surface area contributed by atoms with Gasteiger partial charge in [-0.15, -0.1) is 0 Å². The summed E-state index contributed by atoms with van der Waals surface area (Å²) in [6, 6.07) is 0. The smallest absolute Gasteiger partial charge is 0.302 e. The number of rotatable bonds is 5. The standard InChI is InChI=1S/C36H60N2O3/c1-24(39)41-29-14-15-33(6)27(32(29,4)5)13-16-35(8)28(33)12-11-25-26-23-31(2,3)17-19-36(26,20-18-34(25,35)7)30(40)37-21-22-38(9)10/h11,26-29H,12-23H2,1-10H3,(H,37,40). The average molecular weight is 569 g/mol. The van der Waals surface area contributed by atoms with E-state index in [2.05, 4.69) is 78.9 Å². The molecule has 5 heteroatoms. The van der Waals surface area contributed by atoms with E-state index in [4.69, 9.17) is 4.74 Å². The van der Waals surface area contributed by atoms with Crippen LogP contribution in [0, 0.1) is 50.2 Å². The highest BCUT2D eigenvalue weighted by Gasteiger charge is 2.69. The summed E-state index contributed by atoms with van der Waals surface area (Å²) in [6.45, 7) is 20.6. The van der Waals surface area contributed by atoms with Crippen LogP contribution in [0.1, 0.15) is 120 Å². The number of carbonyl (C=O) groups excluding carboxylic acids is 2. The van der Waals surface area contributed by atoms with Crippen molar-refractivity contribution < 1.29 is 14.3 Å². The van der Waals surface area contributed by atoms with Crippen molar-refractivity contribution in [2.45, 2.75) is 126 Å². The van der Waals surface area contributed by atoms with E-state index in [1.807, 2.05) is 0 Å². The molecule has 0 aromatic heterocycles. The number of allylic oxidation sites excluding steroid dienone is 2. The maximum atomic E-state index is 14.1. The van der Waals surface area contributed by atoms with Crippen molar-refractivity contribution in [1.29, 1.82) is 0 Å². The van der Waals surface area contributed by atoms with Gasteiger partial charge in [0.1, 0.15) is 6.10 Å². The number of amides is 1. The quantitative estimate of drug-likeness (QED) is 0.277. The molecule has 8 atom stereocenters. The van der Waals surface area contributed by atoms with Gasteiger partial charge in [0.2, 0.25) is 5.91 Å². The SMILES string of the molecule is CC(=O)OC1CCC2(C)C(CCC3(C)C2CC=C2C4CC(C)(C)CCC4(C(=O)NCCN(C)C)CCC23C)C1(C)C. The largest absolute Gasteiger partial charge is 0.462 e. The Balaban J connectivity index is 1.50. The van der Waals surface area contributed by atoms with Crippen molar-refractivity contribution in [3.8, 4) is 0 Å². The number of carbonyl (C=O) groups is 2. The topological polar surface area (TPSA) is 58.6 Å². The third-order valence-electron chi connectivity index (χ3n) is 14.2. The zero-order valence-electron chi connectivity index (χ0n) is 28.0. The van der Waals surface area contributed by atoms with Gasteiger partial charge >= 0.3 is 5.97 Å². The van der Waals surface area contributed by atoms with E-state index in [0.29, 0.717) is 23.7 Å². The lowest BCUT2D eigenvalue weighted by molar-refractivity contribution is -0.212. The predicted molar refractivity (Wildman–Crippen MR) is 166 cm³/mol. The number of nitrogens with one attached hydrogen (secondary N) is 1. The first-order valence-electron chi connectivity index (χ1n) is 16.7. The minimum atomic E-state index is -0.262. The fourth-order valence-corrected chi connectivity index (χ4v) is 11.6. The second-order valence-corrected chi connectivity index (χ2v) is 17.4. The van der Waals surface area contributed by atoms with Crippen LogP contribution >= 0.6 is 0 Å². The van der Waals surface area contributed by atoms with Crippen molar-refractivity contribution in [1.82, 2.24) is 10.2 Å². The molecule has 232 valence electrons. The van der Waals surface area contributed by atoms with Crippen molar-refractivity contribution in [2.75, 3.05) is 27.2 Å². The molecule has 0 spiro atoms. The molecule has 0 aliphatic heterocycles. The van der Waals surface area contributed by atoms with Gasteiger partial charge in [0.05, 0.1) is 5.41 Å². The summed E-state index contributed by atoms with van der Waals surface area (Å²) in [5, 5.41) is 3.40. The Bertz CT molecular complexity index is 1090. The summed E-state index contributed by atoms with van der Waals surface area (Å²) in [5.74, 6) is 1.67. The lowest BCUT2D eigenvalue weighted by Crippen LogP contribution is -2.65. The molecule has 4 saturated carbocycles. The van der Waals surface area contributed by atoms with Crippen LogP contribution in [-0.2, 0) is 14.3 Å². The maximum absolute atomic E-state index is 14.1. The van der Waals surface area contributed by atoms with Crippen LogP contribution in [0.15, 0.2) is 11.6 Å². The van der Waals surface area contributed by atoms with Gasteiger partial charge in [0.25, 0.3) is 0 Å². The van der Waals surface area contributed by atoms with Crippen LogP contribution in [0.2, 0.25) is 0 Å². The normalized spacial score (nSPS) is 44.4. The summed E-state index contributed by atoms with van der Waals surface area (Å²) in [4.78, 5) is 28.2. The molecule has 41 heavy (non-hydrogen) atoms. The maximum Gasteiger partial charge on any atom is 0.302 e. The first-order valence-corrected chi connectivity index (χ1v) is 16.7. The van der Waals surface area contributed by atoms with Crippen LogP contribution in [0.5, 0.6) is 0 Å². The second kappa shape index (κ2) is 10.1. The molecule has 1 amide bonds. The molecule has 8 unspecified atom stereocenters. The number of nitrogens with zero attached hydrogens (tertiary/aromatic N) is 1. The van der Waals surface area contributed by atoms with Gasteiger partial charge in [-0.1, -0.05) is 60.1 Å². The molecular weight excluding hydrogens is 508 g/mol. The van der Waals surface area contributed by atoms with Gasteiger partial charge in [0.15, 0.2) is 0 Å². The number of hydrogen-bond donors (Lipinski definition) is 1. The second-order valence-electron chi connectivity index (χ2n) is 17.4. The fraction of sp³-hybridized carbons (Fsp3) is 0.889. The summed E-state index contributed by atoms with van der Waals surface area (Å²) < 4.78 is 5.93. The molecule has 0 bridgehead atoms. The van der Waals surface area contributed by atoms with Crippen molar-refractivity contribution >= 4 is 11.9 Å². The molecule has 5 nitrogen and oxygen atoms in total. The lowest BCUT2D eigenvalue weighted by Gasteiger charge is -2.71. The monoisotopic (exact) mass is 568 g/mol. The van der Waals surface area contributed by atoms with Gasteiger partial charge in [0, 0.05) is 25.4 Å².